The molecular formula is C37H48Cl4N4O3. The van der Waals surface area contributed by atoms with E-state index in [1.165, 1.54) is 112 Å². The van der Waals surface area contributed by atoms with Crippen LogP contribution < -0.4 is 15.3 Å². The molecule has 0 aromatic heterocycles. The third kappa shape index (κ3) is 11.1. The number of amidine groups is 1. The van der Waals surface area contributed by atoms with Gasteiger partial charge in [-0.25, -0.2) is 10.0 Å². The maximum Gasteiger partial charge on any atom is 0.253 e. The molecule has 0 unspecified atom stereocenters. The first-order valence-corrected chi connectivity index (χ1v) is 19.2. The molecule has 2 fully saturated rings. The summed E-state index contributed by atoms with van der Waals surface area (Å²) in [5.74, 6) is -0.745. The molecule has 262 valence electrons. The van der Waals surface area contributed by atoms with Gasteiger partial charge in [-0.3, -0.25) is 24.7 Å². The average molecular weight is 739 g/mol. The van der Waals surface area contributed by atoms with Crippen molar-refractivity contribution in [1.29, 1.82) is 0 Å². The molecule has 7 nitrogen and oxygen atoms in total. The number of aliphatic imine (C=N–C) groups is 1. The summed E-state index contributed by atoms with van der Waals surface area (Å²) in [6, 6.07) is 7.82. The van der Waals surface area contributed by atoms with Crippen LogP contribution >= 0.6 is 46.4 Å². The summed E-state index contributed by atoms with van der Waals surface area (Å²) in [6.07, 6.45) is 21.6. The summed E-state index contributed by atoms with van der Waals surface area (Å²) in [7, 11) is 0. The van der Waals surface area contributed by atoms with Crippen molar-refractivity contribution in [3.8, 4) is 0 Å². The Morgan fingerprint density at radius 2 is 1.25 bits per heavy atom. The van der Waals surface area contributed by atoms with Gasteiger partial charge in [0.2, 0.25) is 11.8 Å². The highest BCUT2D eigenvalue weighted by atomic mass is 35.5. The molecule has 3 amide bonds. The zero-order chi connectivity index (χ0) is 34.5. The van der Waals surface area contributed by atoms with Crippen molar-refractivity contribution < 1.29 is 14.4 Å². The number of halogens is 4. The van der Waals surface area contributed by atoms with E-state index in [1.54, 1.807) is 18.2 Å². The van der Waals surface area contributed by atoms with Crippen LogP contribution in [-0.4, -0.2) is 23.6 Å². The first-order chi connectivity index (χ1) is 23.2. The highest BCUT2D eigenvalue weighted by Crippen LogP contribution is 2.38. The Labute approximate surface area is 305 Å². The zero-order valence-electron chi connectivity index (χ0n) is 28.0. The quantitative estimate of drug-likeness (QED) is 0.108. The Balaban J connectivity index is 1.19. The number of nitrogens with zero attached hydrogens (tertiary/aromatic N) is 3. The number of carbonyl (C=O) groups excluding carboxylic acids is 3. The first kappa shape index (κ1) is 38.5. The number of hydrogen-bond donors (Lipinski definition) is 1. The smallest absolute Gasteiger partial charge is 0.253 e. The van der Waals surface area contributed by atoms with Gasteiger partial charge in [0, 0.05) is 17.4 Å². The minimum absolute atomic E-state index is 0.0567. The van der Waals surface area contributed by atoms with Crippen molar-refractivity contribution in [2.24, 2.45) is 10.9 Å². The molecular weight excluding hydrogens is 690 g/mol. The van der Waals surface area contributed by atoms with E-state index in [9.17, 15) is 14.4 Å². The highest BCUT2D eigenvalue weighted by Gasteiger charge is 2.39. The minimum atomic E-state index is -0.325. The predicted octanol–water partition coefficient (Wildman–Crippen LogP) is 11.8. The molecule has 1 N–H and O–H groups in total. The van der Waals surface area contributed by atoms with E-state index < -0.39 is 0 Å². The van der Waals surface area contributed by atoms with Crippen LogP contribution in [0.4, 0.5) is 17.1 Å². The van der Waals surface area contributed by atoms with Gasteiger partial charge in [0.1, 0.15) is 11.5 Å². The Hall–Kier alpha value is -2.32. The van der Waals surface area contributed by atoms with E-state index in [1.807, 2.05) is 0 Å². The molecule has 48 heavy (non-hydrogen) atoms. The lowest BCUT2D eigenvalue weighted by Crippen LogP contribution is -2.36. The fourth-order valence-electron chi connectivity index (χ4n) is 6.45. The molecule has 2 aliphatic heterocycles. The van der Waals surface area contributed by atoms with E-state index in [-0.39, 0.29) is 52.2 Å². The molecule has 1 atom stereocenters. The SMILES string of the molecule is CCCCCCCCCCCCCCCCCC[C@H]1CC(=O)N(c2ccc(Cl)c(N=C3CC(=O)N(c4c(Cl)cc(Cl)cc4Cl)N3)c2)C1=O. The largest absolute Gasteiger partial charge is 0.277 e. The minimum Gasteiger partial charge on any atom is -0.277 e. The summed E-state index contributed by atoms with van der Waals surface area (Å²) in [5, 5.41) is 2.28. The van der Waals surface area contributed by atoms with Crippen molar-refractivity contribution in [3.63, 3.8) is 0 Å². The molecule has 0 radical (unpaired) electrons. The van der Waals surface area contributed by atoms with E-state index >= 15 is 0 Å². The molecule has 0 aliphatic carbocycles. The van der Waals surface area contributed by atoms with Crippen LogP contribution in [-0.2, 0) is 14.4 Å². The summed E-state index contributed by atoms with van der Waals surface area (Å²) in [6.45, 7) is 2.27. The van der Waals surface area contributed by atoms with Crippen molar-refractivity contribution >= 4 is 87.0 Å². The van der Waals surface area contributed by atoms with Gasteiger partial charge >= 0.3 is 0 Å². The highest BCUT2D eigenvalue weighted by molar-refractivity contribution is 6.42. The monoisotopic (exact) mass is 736 g/mol. The van der Waals surface area contributed by atoms with Crippen molar-refractivity contribution in [2.45, 2.75) is 129 Å². The number of carbonyl (C=O) groups is 3. The van der Waals surface area contributed by atoms with E-state index in [0.29, 0.717) is 33.7 Å². The summed E-state index contributed by atoms with van der Waals surface area (Å²) in [5.41, 5.74) is 3.92. The second-order valence-electron chi connectivity index (χ2n) is 13.0. The fourth-order valence-corrected chi connectivity index (χ4v) is 7.59. The Morgan fingerprint density at radius 3 is 1.81 bits per heavy atom. The average Bonchev–Trinajstić information content (AvgIpc) is 3.54. The van der Waals surface area contributed by atoms with Crippen LogP contribution in [0.1, 0.15) is 129 Å². The number of hydrogen-bond acceptors (Lipinski definition) is 4. The number of unbranched alkanes of at least 4 members (excludes halogenated alkanes) is 15. The van der Waals surface area contributed by atoms with Crippen LogP contribution in [0.15, 0.2) is 35.3 Å². The molecule has 2 heterocycles. The van der Waals surface area contributed by atoms with Gasteiger partial charge in [-0.1, -0.05) is 156 Å². The number of hydrazine groups is 1. The van der Waals surface area contributed by atoms with Gasteiger partial charge in [0.15, 0.2) is 0 Å². The number of imide groups is 1. The van der Waals surface area contributed by atoms with Gasteiger partial charge in [-0.05, 0) is 36.8 Å². The maximum absolute atomic E-state index is 13.3. The van der Waals surface area contributed by atoms with Crippen molar-refractivity contribution in [3.05, 3.63) is 50.4 Å². The second kappa shape index (κ2) is 19.8. The molecule has 2 aliphatic rings. The van der Waals surface area contributed by atoms with Crippen LogP contribution in [0.5, 0.6) is 0 Å². The molecule has 11 heteroatoms. The van der Waals surface area contributed by atoms with Crippen molar-refractivity contribution in [2.75, 3.05) is 9.91 Å². The predicted molar refractivity (Wildman–Crippen MR) is 200 cm³/mol. The lowest BCUT2D eigenvalue weighted by atomic mass is 9.98. The standard InChI is InChI=1S/C37H48Cl4N4O3/c1-2-3-4-5-6-7-8-9-10-11-12-13-14-15-16-17-18-26-21-34(46)44(37(26)48)28-19-20-29(39)32(24-28)42-33-25-35(47)45(43-33)36-30(40)22-27(38)23-31(36)41/h19-20,22-24,26H,2-18,21,25H2,1H3,(H,42,43)/t26-/m0/s1. The van der Waals surface area contributed by atoms with E-state index in [0.717, 1.165) is 12.8 Å². The summed E-state index contributed by atoms with van der Waals surface area (Å²) < 4.78 is 0. The fraction of sp³-hybridized carbons (Fsp3) is 0.568. The first-order valence-electron chi connectivity index (χ1n) is 17.7. The summed E-state index contributed by atoms with van der Waals surface area (Å²) >= 11 is 25.1. The third-order valence-corrected chi connectivity index (χ3v) is 10.2. The third-order valence-electron chi connectivity index (χ3n) is 9.10. The van der Waals surface area contributed by atoms with E-state index in [4.69, 9.17) is 46.4 Å². The van der Waals surface area contributed by atoms with Crippen molar-refractivity contribution in [1.82, 2.24) is 5.43 Å². The Morgan fingerprint density at radius 1 is 0.708 bits per heavy atom. The van der Waals surface area contributed by atoms with Gasteiger partial charge in [0.05, 0.1) is 32.9 Å². The zero-order valence-corrected chi connectivity index (χ0v) is 31.0. The number of amides is 3. The van der Waals surface area contributed by atoms with Crippen LogP contribution in [0.25, 0.3) is 0 Å². The normalized spacial score (nSPS) is 17.3. The summed E-state index contributed by atoms with van der Waals surface area (Å²) in [4.78, 5) is 44.9. The van der Waals surface area contributed by atoms with E-state index in [2.05, 4.69) is 17.3 Å². The van der Waals surface area contributed by atoms with Gasteiger partial charge in [-0.2, -0.15) is 0 Å². The Kier molecular flexibility index (Phi) is 15.8. The van der Waals surface area contributed by atoms with Crippen LogP contribution in [0.3, 0.4) is 0 Å². The maximum atomic E-state index is 13.3. The molecule has 0 bridgehead atoms. The van der Waals surface area contributed by atoms with Gasteiger partial charge < -0.3 is 0 Å². The number of nitrogens with one attached hydrogen (secondary N) is 1. The lowest BCUT2D eigenvalue weighted by molar-refractivity contribution is -0.122. The molecule has 2 aromatic rings. The van der Waals surface area contributed by atoms with Crippen LogP contribution in [0.2, 0.25) is 20.1 Å². The second-order valence-corrected chi connectivity index (χ2v) is 14.6. The topological polar surface area (TPSA) is 82.1 Å². The number of anilines is 2. The number of benzene rings is 2. The molecule has 0 saturated carbocycles. The Bertz CT molecular complexity index is 1430. The molecule has 4 rings (SSSR count). The van der Waals surface area contributed by atoms with Gasteiger partial charge in [-0.15, -0.1) is 0 Å². The van der Waals surface area contributed by atoms with Gasteiger partial charge in [0.25, 0.3) is 5.91 Å². The molecule has 2 saturated heterocycles. The van der Waals surface area contributed by atoms with Crippen LogP contribution in [0, 0.1) is 5.92 Å². The molecule has 0 spiro atoms. The number of rotatable bonds is 20. The molecule has 2 aromatic carbocycles. The lowest BCUT2D eigenvalue weighted by Gasteiger charge is -2.19.